The highest BCUT2D eigenvalue weighted by atomic mass is 19.4. The topological polar surface area (TPSA) is 128 Å². The standard InChI is InChI=1S/C24H24F3N7O4/c1-36-17-9-15(10-18(37-2)22(17)38-3)28-11-16-12-34(33-30-16)13-19(35)29-21-20(14-7-5-4-6-8-14)31-32-23(21)24(25,26)27/h4-10,12,28H,11,13H2,1-3H3,(H,29,35)(H,31,32). The van der Waals surface area contributed by atoms with Gasteiger partial charge >= 0.3 is 6.18 Å². The van der Waals surface area contributed by atoms with Crippen LogP contribution in [0.25, 0.3) is 11.3 Å². The predicted molar refractivity (Wildman–Crippen MR) is 131 cm³/mol. The highest BCUT2D eigenvalue weighted by Gasteiger charge is 2.38. The normalized spacial score (nSPS) is 11.2. The maximum absolute atomic E-state index is 13.5. The summed E-state index contributed by atoms with van der Waals surface area (Å²) in [4.78, 5) is 12.7. The lowest BCUT2D eigenvalue weighted by Crippen LogP contribution is -2.21. The maximum Gasteiger partial charge on any atom is 0.434 e. The lowest BCUT2D eigenvalue weighted by atomic mass is 10.1. The van der Waals surface area contributed by atoms with Crippen molar-refractivity contribution in [2.75, 3.05) is 32.0 Å². The number of carbonyl (C=O) groups is 1. The minimum absolute atomic E-state index is 0.0277. The van der Waals surface area contributed by atoms with Crippen LogP contribution in [0.5, 0.6) is 17.2 Å². The lowest BCUT2D eigenvalue weighted by molar-refractivity contribution is -0.140. The van der Waals surface area contributed by atoms with Crippen LogP contribution in [-0.4, -0.2) is 52.4 Å². The number of benzene rings is 2. The molecule has 0 saturated carbocycles. The minimum atomic E-state index is -4.75. The van der Waals surface area contributed by atoms with Gasteiger partial charge in [0.2, 0.25) is 11.7 Å². The van der Waals surface area contributed by atoms with Gasteiger partial charge < -0.3 is 24.8 Å². The number of hydrogen-bond acceptors (Lipinski definition) is 8. The number of H-pyrrole nitrogens is 1. The second-order valence-corrected chi connectivity index (χ2v) is 7.91. The zero-order valence-corrected chi connectivity index (χ0v) is 20.6. The summed E-state index contributed by atoms with van der Waals surface area (Å²) in [5.74, 6) is 0.631. The van der Waals surface area contributed by atoms with Gasteiger partial charge in [-0.2, -0.15) is 18.3 Å². The van der Waals surface area contributed by atoms with E-state index in [4.69, 9.17) is 14.2 Å². The van der Waals surface area contributed by atoms with Gasteiger partial charge in [-0.1, -0.05) is 35.5 Å². The Balaban J connectivity index is 1.45. The number of anilines is 2. The van der Waals surface area contributed by atoms with Crippen molar-refractivity contribution in [1.29, 1.82) is 0 Å². The third-order valence-electron chi connectivity index (χ3n) is 5.39. The van der Waals surface area contributed by atoms with Crippen LogP contribution in [0.15, 0.2) is 48.7 Å². The maximum atomic E-state index is 13.5. The number of nitrogens with zero attached hydrogens (tertiary/aromatic N) is 4. The predicted octanol–water partition coefficient (Wildman–Crippen LogP) is 3.96. The number of aromatic amines is 1. The lowest BCUT2D eigenvalue weighted by Gasteiger charge is -2.14. The van der Waals surface area contributed by atoms with Crippen LogP contribution in [0.1, 0.15) is 11.4 Å². The number of aromatic nitrogens is 5. The molecule has 4 aromatic rings. The van der Waals surface area contributed by atoms with Crippen molar-refractivity contribution in [1.82, 2.24) is 25.2 Å². The third kappa shape index (κ3) is 5.79. The van der Waals surface area contributed by atoms with Gasteiger partial charge in [0, 0.05) is 23.4 Å². The van der Waals surface area contributed by atoms with Crippen molar-refractivity contribution in [3.8, 4) is 28.5 Å². The summed E-state index contributed by atoms with van der Waals surface area (Å²) in [5, 5.41) is 19.1. The molecular formula is C24H24F3N7O4. The van der Waals surface area contributed by atoms with Crippen LogP contribution in [0.3, 0.4) is 0 Å². The first-order valence-corrected chi connectivity index (χ1v) is 11.2. The average Bonchev–Trinajstić information content (AvgIpc) is 3.54. The molecule has 200 valence electrons. The van der Waals surface area contributed by atoms with Gasteiger partial charge in [-0.3, -0.25) is 9.89 Å². The first kappa shape index (κ1) is 26.3. The van der Waals surface area contributed by atoms with Gasteiger partial charge in [0.25, 0.3) is 0 Å². The van der Waals surface area contributed by atoms with E-state index >= 15 is 0 Å². The van der Waals surface area contributed by atoms with E-state index in [1.165, 1.54) is 32.2 Å². The molecule has 4 rings (SSSR count). The third-order valence-corrected chi connectivity index (χ3v) is 5.39. The van der Waals surface area contributed by atoms with Crippen LogP contribution in [-0.2, 0) is 24.1 Å². The second kappa shape index (κ2) is 11.1. The van der Waals surface area contributed by atoms with Gasteiger partial charge in [-0.25, -0.2) is 4.68 Å². The monoisotopic (exact) mass is 531 g/mol. The largest absolute Gasteiger partial charge is 0.493 e. The Morgan fingerprint density at radius 3 is 2.34 bits per heavy atom. The molecule has 2 aromatic carbocycles. The summed E-state index contributed by atoms with van der Waals surface area (Å²) in [6.07, 6.45) is -3.25. The fourth-order valence-corrected chi connectivity index (χ4v) is 3.67. The zero-order valence-electron chi connectivity index (χ0n) is 20.6. The Morgan fingerprint density at radius 1 is 1.05 bits per heavy atom. The van der Waals surface area contributed by atoms with Crippen LogP contribution in [0, 0.1) is 0 Å². The van der Waals surface area contributed by atoms with E-state index in [1.54, 1.807) is 42.5 Å². The highest BCUT2D eigenvalue weighted by Crippen LogP contribution is 2.40. The molecule has 0 radical (unpaired) electrons. The highest BCUT2D eigenvalue weighted by molar-refractivity contribution is 5.95. The Morgan fingerprint density at radius 2 is 1.74 bits per heavy atom. The smallest absolute Gasteiger partial charge is 0.434 e. The summed E-state index contributed by atoms with van der Waals surface area (Å²) >= 11 is 0. The Hall–Kier alpha value is -4.75. The number of ether oxygens (including phenoxy) is 3. The van der Waals surface area contributed by atoms with Crippen molar-refractivity contribution >= 4 is 17.3 Å². The molecule has 0 atom stereocenters. The molecular weight excluding hydrogens is 507 g/mol. The number of hydrogen-bond donors (Lipinski definition) is 3. The van der Waals surface area contributed by atoms with Crippen molar-refractivity contribution in [3.63, 3.8) is 0 Å². The molecule has 11 nitrogen and oxygen atoms in total. The zero-order chi connectivity index (χ0) is 27.3. The van der Waals surface area contributed by atoms with Gasteiger partial charge in [0.05, 0.1) is 39.8 Å². The van der Waals surface area contributed by atoms with E-state index < -0.39 is 23.5 Å². The molecule has 38 heavy (non-hydrogen) atoms. The van der Waals surface area contributed by atoms with E-state index in [1.807, 2.05) is 5.10 Å². The number of nitrogens with one attached hydrogen (secondary N) is 3. The summed E-state index contributed by atoms with van der Waals surface area (Å²) in [7, 11) is 4.50. The number of alkyl halides is 3. The molecule has 0 saturated heterocycles. The van der Waals surface area contributed by atoms with E-state index in [-0.39, 0.29) is 18.8 Å². The van der Waals surface area contributed by atoms with Crippen LogP contribution < -0.4 is 24.8 Å². The molecule has 0 spiro atoms. The molecule has 0 aliphatic carbocycles. The molecule has 2 aromatic heterocycles. The SMILES string of the molecule is COc1cc(NCc2cn(CC(=O)Nc3c(-c4ccccc4)n[nH]c3C(F)(F)F)nn2)cc(OC)c1OC. The van der Waals surface area contributed by atoms with Gasteiger partial charge in [-0.15, -0.1) is 5.10 Å². The fourth-order valence-electron chi connectivity index (χ4n) is 3.67. The van der Waals surface area contributed by atoms with E-state index in [0.29, 0.717) is 34.2 Å². The molecule has 3 N–H and O–H groups in total. The van der Waals surface area contributed by atoms with E-state index in [9.17, 15) is 18.0 Å². The Labute approximate surface area is 214 Å². The van der Waals surface area contributed by atoms with E-state index in [0.717, 1.165) is 0 Å². The number of rotatable bonds is 10. The fraction of sp³-hybridized carbons (Fsp3) is 0.250. The summed E-state index contributed by atoms with van der Waals surface area (Å²) in [6, 6.07) is 11.7. The first-order valence-electron chi connectivity index (χ1n) is 11.2. The van der Waals surface area contributed by atoms with Gasteiger partial charge in [-0.05, 0) is 0 Å². The Bertz CT molecular complexity index is 1380. The molecule has 0 aliphatic heterocycles. The number of halogens is 3. The molecule has 0 aliphatic rings. The van der Waals surface area contributed by atoms with Gasteiger partial charge in [0.15, 0.2) is 17.2 Å². The molecule has 0 bridgehead atoms. The molecule has 1 amide bonds. The summed E-state index contributed by atoms with van der Waals surface area (Å²) < 4.78 is 57.8. The molecule has 14 heteroatoms. The van der Waals surface area contributed by atoms with Crippen molar-refractivity contribution in [3.05, 3.63) is 60.0 Å². The number of carbonyl (C=O) groups excluding carboxylic acids is 1. The molecule has 0 unspecified atom stereocenters. The molecule has 0 fully saturated rings. The average molecular weight is 531 g/mol. The van der Waals surface area contributed by atoms with Crippen LogP contribution >= 0.6 is 0 Å². The van der Waals surface area contributed by atoms with Gasteiger partial charge in [0.1, 0.15) is 17.9 Å². The van der Waals surface area contributed by atoms with Crippen LogP contribution in [0.4, 0.5) is 24.5 Å². The summed E-state index contributed by atoms with van der Waals surface area (Å²) in [5.41, 5.74) is -0.0945. The number of amides is 1. The summed E-state index contributed by atoms with van der Waals surface area (Å²) in [6.45, 7) is -0.133. The quantitative estimate of drug-likeness (QED) is 0.281. The van der Waals surface area contributed by atoms with Crippen molar-refractivity contribution < 1.29 is 32.2 Å². The number of methoxy groups -OCH3 is 3. The van der Waals surface area contributed by atoms with Crippen LogP contribution in [0.2, 0.25) is 0 Å². The second-order valence-electron chi connectivity index (χ2n) is 7.91. The minimum Gasteiger partial charge on any atom is -0.493 e. The van der Waals surface area contributed by atoms with E-state index in [2.05, 4.69) is 26.0 Å². The first-order chi connectivity index (χ1) is 18.2. The molecule has 2 heterocycles. The van der Waals surface area contributed by atoms with Crippen molar-refractivity contribution in [2.45, 2.75) is 19.3 Å². The van der Waals surface area contributed by atoms with Crippen molar-refractivity contribution in [2.24, 2.45) is 0 Å². The Kier molecular flexibility index (Phi) is 7.69.